The van der Waals surface area contributed by atoms with Crippen molar-refractivity contribution in [3.05, 3.63) is 28.3 Å². The van der Waals surface area contributed by atoms with Crippen molar-refractivity contribution in [3.8, 4) is 0 Å². The first-order valence-electron chi connectivity index (χ1n) is 6.25. The summed E-state index contributed by atoms with van der Waals surface area (Å²) in [4.78, 5) is 12.1. The Labute approximate surface area is 134 Å². The summed E-state index contributed by atoms with van der Waals surface area (Å²) in [6.45, 7) is 3.91. The quantitative estimate of drug-likeness (QED) is 0.798. The second-order valence-electron chi connectivity index (χ2n) is 4.55. The van der Waals surface area contributed by atoms with Gasteiger partial charge in [-0.1, -0.05) is 18.5 Å². The van der Waals surface area contributed by atoms with Crippen molar-refractivity contribution in [2.24, 2.45) is 0 Å². The van der Waals surface area contributed by atoms with Gasteiger partial charge in [0.15, 0.2) is 0 Å². The van der Waals surface area contributed by atoms with Gasteiger partial charge in [0, 0.05) is 28.4 Å². The van der Waals surface area contributed by atoms with Crippen molar-refractivity contribution in [1.82, 2.24) is 5.32 Å². The Bertz CT molecular complexity index is 631. The van der Waals surface area contributed by atoms with E-state index in [9.17, 15) is 13.2 Å². The molecular formula is C13H17Cl2NO4S. The Hall–Kier alpha value is -0.820. The van der Waals surface area contributed by atoms with Crippen LogP contribution >= 0.6 is 22.3 Å². The maximum Gasteiger partial charge on any atom is 0.261 e. The molecule has 1 amide bonds. The summed E-state index contributed by atoms with van der Waals surface area (Å²) in [6.07, 6.45) is 0.680. The van der Waals surface area contributed by atoms with Crippen LogP contribution in [-0.2, 0) is 13.8 Å². The number of amides is 1. The smallest absolute Gasteiger partial charge is 0.261 e. The summed E-state index contributed by atoms with van der Waals surface area (Å²) < 4.78 is 27.8. The number of carbonyl (C=O) groups excluding carboxylic acids is 1. The maximum absolute atomic E-state index is 12.3. The zero-order chi connectivity index (χ0) is 16.2. The van der Waals surface area contributed by atoms with Crippen LogP contribution in [0.5, 0.6) is 0 Å². The number of rotatable bonds is 6. The molecule has 5 nitrogen and oxygen atoms in total. The zero-order valence-corrected chi connectivity index (χ0v) is 14.3. The highest BCUT2D eigenvalue weighted by molar-refractivity contribution is 8.13. The van der Waals surface area contributed by atoms with Crippen molar-refractivity contribution in [2.45, 2.75) is 31.2 Å². The molecule has 0 bridgehead atoms. The van der Waals surface area contributed by atoms with Crippen LogP contribution in [-0.4, -0.2) is 34.1 Å². The molecule has 1 rings (SSSR count). The minimum atomic E-state index is -3.96. The zero-order valence-electron chi connectivity index (χ0n) is 11.9. The second kappa shape index (κ2) is 7.45. The molecule has 1 aromatic carbocycles. The minimum absolute atomic E-state index is 0.168. The van der Waals surface area contributed by atoms with Crippen LogP contribution in [0.15, 0.2) is 17.0 Å². The fourth-order valence-electron chi connectivity index (χ4n) is 1.76. The van der Waals surface area contributed by atoms with E-state index < -0.39 is 15.0 Å². The molecule has 0 saturated carbocycles. The molecule has 0 saturated heterocycles. The molecule has 0 radical (unpaired) electrons. The number of halogens is 2. The highest BCUT2D eigenvalue weighted by Crippen LogP contribution is 2.26. The van der Waals surface area contributed by atoms with Gasteiger partial charge in [-0.3, -0.25) is 4.79 Å². The first-order chi connectivity index (χ1) is 9.70. The van der Waals surface area contributed by atoms with Gasteiger partial charge >= 0.3 is 0 Å². The van der Waals surface area contributed by atoms with Gasteiger partial charge in [-0.25, -0.2) is 8.42 Å². The Balaban J connectivity index is 3.17. The van der Waals surface area contributed by atoms with E-state index in [0.29, 0.717) is 18.6 Å². The van der Waals surface area contributed by atoms with E-state index >= 15 is 0 Å². The predicted molar refractivity (Wildman–Crippen MR) is 82.6 cm³/mol. The number of benzene rings is 1. The van der Waals surface area contributed by atoms with Gasteiger partial charge in [0.05, 0.1) is 17.5 Å². The van der Waals surface area contributed by atoms with Crippen molar-refractivity contribution in [1.29, 1.82) is 0 Å². The van der Waals surface area contributed by atoms with Crippen LogP contribution in [0.4, 0.5) is 0 Å². The molecule has 1 unspecified atom stereocenters. The molecule has 0 aromatic heterocycles. The molecule has 0 aliphatic heterocycles. The monoisotopic (exact) mass is 353 g/mol. The lowest BCUT2D eigenvalue weighted by Crippen LogP contribution is -2.37. The summed E-state index contributed by atoms with van der Waals surface area (Å²) in [5, 5.41) is 2.94. The van der Waals surface area contributed by atoms with Crippen LogP contribution in [0.1, 0.15) is 29.3 Å². The Kier molecular flexibility index (Phi) is 6.46. The van der Waals surface area contributed by atoms with Crippen LogP contribution in [0.25, 0.3) is 0 Å². The molecule has 1 atom stereocenters. The van der Waals surface area contributed by atoms with Gasteiger partial charge in [-0.05, 0) is 31.0 Å². The third-order valence-corrected chi connectivity index (χ3v) is 4.77. The average Bonchev–Trinajstić information content (AvgIpc) is 2.39. The standard InChI is InChI=1S/C13H17Cl2NO4S/c1-4-9(7-20-3)16-13(17)11-5-10(21(15,18)19)6-12(14)8(11)2/h5-6,9H,4,7H2,1-3H3,(H,16,17). The third kappa shape index (κ3) is 4.85. The molecule has 21 heavy (non-hydrogen) atoms. The molecule has 0 heterocycles. The molecule has 0 aliphatic rings. The number of ether oxygens (including phenoxy) is 1. The van der Waals surface area contributed by atoms with E-state index in [-0.39, 0.29) is 21.5 Å². The summed E-state index contributed by atoms with van der Waals surface area (Å²) in [5.74, 6) is -0.416. The molecule has 0 aliphatic carbocycles. The number of hydrogen-bond donors (Lipinski definition) is 1. The van der Waals surface area contributed by atoms with Crippen molar-refractivity contribution < 1.29 is 17.9 Å². The molecule has 1 N–H and O–H groups in total. The van der Waals surface area contributed by atoms with Crippen LogP contribution in [0, 0.1) is 6.92 Å². The number of methoxy groups -OCH3 is 1. The van der Waals surface area contributed by atoms with Gasteiger partial charge < -0.3 is 10.1 Å². The van der Waals surface area contributed by atoms with Gasteiger partial charge in [0.25, 0.3) is 15.0 Å². The largest absolute Gasteiger partial charge is 0.383 e. The molecule has 0 fully saturated rings. The number of hydrogen-bond acceptors (Lipinski definition) is 4. The normalized spacial score (nSPS) is 13.0. The van der Waals surface area contributed by atoms with E-state index in [2.05, 4.69) is 5.32 Å². The highest BCUT2D eigenvalue weighted by atomic mass is 35.7. The van der Waals surface area contributed by atoms with Crippen LogP contribution in [0.2, 0.25) is 5.02 Å². The Morgan fingerprint density at radius 1 is 1.43 bits per heavy atom. The van der Waals surface area contributed by atoms with E-state index in [4.69, 9.17) is 27.0 Å². The summed E-state index contributed by atoms with van der Waals surface area (Å²) in [6, 6.07) is 2.28. The SMILES string of the molecule is CCC(COC)NC(=O)c1cc(S(=O)(=O)Cl)cc(Cl)c1C. The molecule has 118 valence electrons. The predicted octanol–water partition coefficient (Wildman–Crippen LogP) is 2.73. The third-order valence-electron chi connectivity index (χ3n) is 3.04. The first kappa shape index (κ1) is 18.2. The Morgan fingerprint density at radius 2 is 2.05 bits per heavy atom. The summed E-state index contributed by atoms with van der Waals surface area (Å²) in [5.41, 5.74) is 0.668. The van der Waals surface area contributed by atoms with Gasteiger partial charge in [0.2, 0.25) is 0 Å². The Morgan fingerprint density at radius 3 is 2.52 bits per heavy atom. The fraction of sp³-hybridized carbons (Fsp3) is 0.462. The molecule has 0 spiro atoms. The summed E-state index contributed by atoms with van der Waals surface area (Å²) in [7, 11) is 2.88. The lowest BCUT2D eigenvalue weighted by Gasteiger charge is -2.17. The van der Waals surface area contributed by atoms with Gasteiger partial charge in [0.1, 0.15) is 0 Å². The van der Waals surface area contributed by atoms with E-state index in [1.54, 1.807) is 6.92 Å². The topological polar surface area (TPSA) is 72.5 Å². The highest BCUT2D eigenvalue weighted by Gasteiger charge is 2.20. The van der Waals surface area contributed by atoms with Crippen molar-refractivity contribution >= 4 is 37.2 Å². The first-order valence-corrected chi connectivity index (χ1v) is 8.94. The molecular weight excluding hydrogens is 337 g/mol. The van der Waals surface area contributed by atoms with Crippen LogP contribution < -0.4 is 5.32 Å². The van der Waals surface area contributed by atoms with E-state index in [0.717, 1.165) is 0 Å². The maximum atomic E-state index is 12.3. The van der Waals surface area contributed by atoms with Crippen molar-refractivity contribution in [3.63, 3.8) is 0 Å². The van der Waals surface area contributed by atoms with Gasteiger partial charge in [-0.2, -0.15) is 0 Å². The lowest BCUT2D eigenvalue weighted by atomic mass is 10.1. The summed E-state index contributed by atoms with van der Waals surface area (Å²) >= 11 is 5.97. The lowest BCUT2D eigenvalue weighted by molar-refractivity contribution is 0.0894. The molecule has 1 aromatic rings. The number of carbonyl (C=O) groups is 1. The second-order valence-corrected chi connectivity index (χ2v) is 7.52. The van der Waals surface area contributed by atoms with Crippen molar-refractivity contribution in [2.75, 3.05) is 13.7 Å². The van der Waals surface area contributed by atoms with E-state index in [1.165, 1.54) is 19.2 Å². The molecule has 8 heteroatoms. The minimum Gasteiger partial charge on any atom is -0.383 e. The average molecular weight is 354 g/mol. The van der Waals surface area contributed by atoms with E-state index in [1.807, 2.05) is 6.92 Å². The number of nitrogens with one attached hydrogen (secondary N) is 1. The van der Waals surface area contributed by atoms with Crippen LogP contribution in [0.3, 0.4) is 0 Å². The fourth-order valence-corrected chi connectivity index (χ4v) is 2.83. The van der Waals surface area contributed by atoms with Gasteiger partial charge in [-0.15, -0.1) is 0 Å².